The Morgan fingerprint density at radius 3 is 1.91 bits per heavy atom. The number of hydrogen-bond donors (Lipinski definition) is 3. The maximum absolute atomic E-state index is 10.2. The van der Waals surface area contributed by atoms with E-state index in [-0.39, 0.29) is 0 Å². The number of hydrogen-bond acceptors (Lipinski definition) is 4. The highest BCUT2D eigenvalue weighted by Gasteiger charge is 2.28. The molecule has 0 aliphatic carbocycles. The van der Waals surface area contributed by atoms with Crippen LogP contribution in [-0.4, -0.2) is 40.6 Å². The van der Waals surface area contributed by atoms with Gasteiger partial charge in [-0.15, -0.1) is 0 Å². The SMILES string of the molecule is CC(C)(O)C(O)CS(=O)(=O)O. The number of aliphatic hydroxyl groups excluding tert-OH is 1. The van der Waals surface area contributed by atoms with Crippen LogP contribution in [0, 0.1) is 0 Å². The normalized spacial score (nSPS) is 16.5. The first-order valence-corrected chi connectivity index (χ1v) is 4.59. The Labute approximate surface area is 65.4 Å². The van der Waals surface area contributed by atoms with Crippen LogP contribution in [0.2, 0.25) is 0 Å². The molecule has 0 radical (unpaired) electrons. The van der Waals surface area contributed by atoms with Crippen molar-refractivity contribution in [3.63, 3.8) is 0 Å². The summed E-state index contributed by atoms with van der Waals surface area (Å²) in [7, 11) is -4.22. The van der Waals surface area contributed by atoms with Gasteiger partial charge in [0.1, 0.15) is 5.75 Å². The monoisotopic (exact) mass is 184 g/mol. The summed E-state index contributed by atoms with van der Waals surface area (Å²) >= 11 is 0. The molecule has 6 heteroatoms. The third kappa shape index (κ3) is 5.14. The van der Waals surface area contributed by atoms with Crippen LogP contribution in [0.5, 0.6) is 0 Å². The average molecular weight is 184 g/mol. The summed E-state index contributed by atoms with van der Waals surface area (Å²) in [6.07, 6.45) is -1.47. The molecule has 0 amide bonds. The summed E-state index contributed by atoms with van der Waals surface area (Å²) < 4.78 is 28.6. The molecule has 0 aliphatic heterocycles. The zero-order valence-electron chi connectivity index (χ0n) is 6.35. The van der Waals surface area contributed by atoms with Crippen LogP contribution in [0.25, 0.3) is 0 Å². The molecular formula is C5H12O5S. The standard InChI is InChI=1S/C5H12O5S/c1-5(2,7)4(6)3-11(8,9)10/h4,6-7H,3H2,1-2H3,(H,8,9,10). The van der Waals surface area contributed by atoms with Crippen LogP contribution in [0.4, 0.5) is 0 Å². The van der Waals surface area contributed by atoms with E-state index >= 15 is 0 Å². The van der Waals surface area contributed by atoms with Crippen molar-refractivity contribution in [2.24, 2.45) is 0 Å². The lowest BCUT2D eigenvalue weighted by atomic mass is 10.0. The topological polar surface area (TPSA) is 94.8 Å². The van der Waals surface area contributed by atoms with Gasteiger partial charge in [0.2, 0.25) is 0 Å². The predicted octanol–water partition coefficient (Wildman–Crippen LogP) is -0.994. The van der Waals surface area contributed by atoms with E-state index in [9.17, 15) is 8.42 Å². The molecule has 0 heterocycles. The van der Waals surface area contributed by atoms with E-state index in [0.717, 1.165) is 0 Å². The Hall–Kier alpha value is -0.170. The van der Waals surface area contributed by atoms with E-state index < -0.39 is 27.6 Å². The fourth-order valence-corrected chi connectivity index (χ4v) is 1.21. The van der Waals surface area contributed by atoms with Gasteiger partial charge in [-0.1, -0.05) is 0 Å². The van der Waals surface area contributed by atoms with Crippen molar-refractivity contribution >= 4 is 10.1 Å². The van der Waals surface area contributed by atoms with E-state index in [2.05, 4.69) is 0 Å². The average Bonchev–Trinajstić information content (AvgIpc) is 1.56. The molecule has 0 aliphatic rings. The zero-order valence-corrected chi connectivity index (χ0v) is 7.17. The molecule has 5 nitrogen and oxygen atoms in total. The Morgan fingerprint density at radius 2 is 1.82 bits per heavy atom. The van der Waals surface area contributed by atoms with Crippen molar-refractivity contribution in [2.75, 3.05) is 5.75 Å². The van der Waals surface area contributed by atoms with Crippen LogP contribution < -0.4 is 0 Å². The largest absolute Gasteiger partial charge is 0.389 e. The van der Waals surface area contributed by atoms with E-state index in [1.165, 1.54) is 13.8 Å². The van der Waals surface area contributed by atoms with Gasteiger partial charge in [-0.2, -0.15) is 8.42 Å². The number of rotatable bonds is 3. The molecule has 0 aromatic carbocycles. The summed E-state index contributed by atoms with van der Waals surface area (Å²) in [5.74, 6) is -0.851. The maximum atomic E-state index is 10.2. The van der Waals surface area contributed by atoms with Crippen LogP contribution in [0.1, 0.15) is 13.8 Å². The van der Waals surface area contributed by atoms with Crippen LogP contribution in [0.3, 0.4) is 0 Å². The van der Waals surface area contributed by atoms with Crippen molar-refractivity contribution in [2.45, 2.75) is 25.6 Å². The molecule has 0 saturated carbocycles. The quantitative estimate of drug-likeness (QED) is 0.489. The van der Waals surface area contributed by atoms with Crippen molar-refractivity contribution in [3.05, 3.63) is 0 Å². The molecule has 0 rings (SSSR count). The molecule has 0 fully saturated rings. The fourth-order valence-electron chi connectivity index (χ4n) is 0.403. The van der Waals surface area contributed by atoms with Gasteiger partial charge < -0.3 is 10.2 Å². The first kappa shape index (κ1) is 10.8. The fraction of sp³-hybridized carbons (Fsp3) is 1.00. The van der Waals surface area contributed by atoms with Gasteiger partial charge in [-0.3, -0.25) is 4.55 Å². The molecule has 1 atom stereocenters. The van der Waals surface area contributed by atoms with Crippen LogP contribution >= 0.6 is 0 Å². The van der Waals surface area contributed by atoms with E-state index in [1.54, 1.807) is 0 Å². The molecule has 0 bridgehead atoms. The summed E-state index contributed by atoms with van der Waals surface area (Å²) in [6, 6.07) is 0. The molecule has 1 unspecified atom stereocenters. The van der Waals surface area contributed by atoms with E-state index in [1.807, 2.05) is 0 Å². The van der Waals surface area contributed by atoms with Gasteiger partial charge in [-0.05, 0) is 13.8 Å². The lowest BCUT2D eigenvalue weighted by Crippen LogP contribution is -2.40. The second-order valence-electron chi connectivity index (χ2n) is 2.92. The van der Waals surface area contributed by atoms with Gasteiger partial charge in [0.15, 0.2) is 0 Å². The molecule has 3 N–H and O–H groups in total. The Bertz CT molecular complexity index is 212. The Morgan fingerprint density at radius 1 is 1.45 bits per heavy atom. The van der Waals surface area contributed by atoms with Gasteiger partial charge >= 0.3 is 0 Å². The summed E-state index contributed by atoms with van der Waals surface area (Å²) in [6.45, 7) is 2.51. The Kier molecular flexibility index (Phi) is 3.01. The summed E-state index contributed by atoms with van der Waals surface area (Å²) in [4.78, 5) is 0. The van der Waals surface area contributed by atoms with Crippen molar-refractivity contribution in [1.82, 2.24) is 0 Å². The highest BCUT2D eigenvalue weighted by molar-refractivity contribution is 7.85. The predicted molar refractivity (Wildman–Crippen MR) is 38.7 cm³/mol. The maximum Gasteiger partial charge on any atom is 0.267 e. The highest BCUT2D eigenvalue weighted by atomic mass is 32.2. The molecule has 0 spiro atoms. The molecule has 11 heavy (non-hydrogen) atoms. The van der Waals surface area contributed by atoms with Crippen molar-refractivity contribution in [1.29, 1.82) is 0 Å². The van der Waals surface area contributed by atoms with Gasteiger partial charge in [0.25, 0.3) is 10.1 Å². The lowest BCUT2D eigenvalue weighted by molar-refractivity contribution is -0.0363. The Balaban J connectivity index is 4.21. The summed E-state index contributed by atoms with van der Waals surface area (Å²) in [5.41, 5.74) is -1.52. The van der Waals surface area contributed by atoms with Crippen LogP contribution in [-0.2, 0) is 10.1 Å². The molecule has 68 valence electrons. The van der Waals surface area contributed by atoms with Gasteiger partial charge in [0.05, 0.1) is 11.7 Å². The van der Waals surface area contributed by atoms with Crippen LogP contribution in [0.15, 0.2) is 0 Å². The molecule has 0 saturated heterocycles. The third-order valence-corrected chi connectivity index (χ3v) is 1.92. The van der Waals surface area contributed by atoms with Gasteiger partial charge in [-0.25, -0.2) is 0 Å². The first-order chi connectivity index (χ1) is 4.63. The number of aliphatic hydroxyl groups is 2. The second-order valence-corrected chi connectivity index (χ2v) is 4.42. The minimum atomic E-state index is -4.22. The third-order valence-electron chi connectivity index (χ3n) is 1.18. The minimum absolute atomic E-state index is 0.851. The van der Waals surface area contributed by atoms with E-state index in [0.29, 0.717) is 0 Å². The summed E-state index contributed by atoms with van der Waals surface area (Å²) in [5, 5.41) is 18.0. The lowest BCUT2D eigenvalue weighted by Gasteiger charge is -2.22. The van der Waals surface area contributed by atoms with Crippen molar-refractivity contribution < 1.29 is 23.2 Å². The molecule has 0 aromatic rings. The van der Waals surface area contributed by atoms with Crippen molar-refractivity contribution in [3.8, 4) is 0 Å². The second kappa shape index (κ2) is 3.06. The van der Waals surface area contributed by atoms with E-state index in [4.69, 9.17) is 14.8 Å². The minimum Gasteiger partial charge on any atom is -0.389 e. The first-order valence-electron chi connectivity index (χ1n) is 2.98. The molecular weight excluding hydrogens is 172 g/mol. The highest BCUT2D eigenvalue weighted by Crippen LogP contribution is 2.09. The van der Waals surface area contributed by atoms with Gasteiger partial charge in [0, 0.05) is 0 Å². The zero-order chi connectivity index (χ0) is 9.28. The molecule has 0 aromatic heterocycles. The smallest absolute Gasteiger partial charge is 0.267 e.